The lowest BCUT2D eigenvalue weighted by Crippen LogP contribution is -2.24. The third-order valence-electron chi connectivity index (χ3n) is 3.44. The molecule has 0 aliphatic rings. The number of hydrogen-bond donors (Lipinski definition) is 0. The summed E-state index contributed by atoms with van der Waals surface area (Å²) >= 11 is 5.99. The topological polar surface area (TPSA) is 61.9 Å². The second kappa shape index (κ2) is 5.89. The minimum Gasteiger partial charge on any atom is -0.497 e. The molecule has 0 amide bonds. The lowest BCUT2D eigenvalue weighted by molar-refractivity contribution is 0.415. The second-order valence-corrected chi connectivity index (χ2v) is 5.50. The lowest BCUT2D eigenvalue weighted by Gasteiger charge is -2.08. The Morgan fingerprint density at radius 2 is 1.91 bits per heavy atom. The van der Waals surface area contributed by atoms with Gasteiger partial charge >= 0.3 is 0 Å². The summed E-state index contributed by atoms with van der Waals surface area (Å²) in [5.74, 6) is 0.923. The molecule has 2 heterocycles. The van der Waals surface area contributed by atoms with E-state index in [0.717, 1.165) is 22.7 Å². The van der Waals surface area contributed by atoms with Crippen molar-refractivity contribution < 1.29 is 4.74 Å². The van der Waals surface area contributed by atoms with Crippen molar-refractivity contribution in [2.45, 2.75) is 6.92 Å². The second-order valence-electron chi connectivity index (χ2n) is 5.11. The maximum Gasteiger partial charge on any atom is 0.295 e. The van der Waals surface area contributed by atoms with Gasteiger partial charge in [0.05, 0.1) is 18.5 Å². The molecule has 2 aromatic heterocycles. The van der Waals surface area contributed by atoms with Crippen LogP contribution in [-0.4, -0.2) is 26.4 Å². The van der Waals surface area contributed by atoms with E-state index in [0.29, 0.717) is 0 Å². The number of rotatable bonds is 3. The van der Waals surface area contributed by atoms with Crippen molar-refractivity contribution >= 4 is 11.6 Å². The van der Waals surface area contributed by atoms with Gasteiger partial charge in [0.15, 0.2) is 0 Å². The van der Waals surface area contributed by atoms with Gasteiger partial charge in [0.25, 0.3) is 5.56 Å². The molecule has 0 radical (unpaired) electrons. The minimum atomic E-state index is -0.271. The van der Waals surface area contributed by atoms with Gasteiger partial charge < -0.3 is 9.30 Å². The summed E-state index contributed by atoms with van der Waals surface area (Å²) < 4.78 is 8.08. The summed E-state index contributed by atoms with van der Waals surface area (Å²) in [4.78, 5) is 16.5. The maximum absolute atomic E-state index is 12.4. The van der Waals surface area contributed by atoms with E-state index in [1.807, 2.05) is 37.3 Å². The van der Waals surface area contributed by atoms with Crippen LogP contribution in [0, 0.1) is 6.92 Å². The predicted octanol–water partition coefficient (Wildman–Crippen LogP) is 2.60. The molecule has 0 aliphatic heterocycles. The number of hydrogen-bond acceptors (Lipinski definition) is 4. The molecule has 0 aliphatic carbocycles. The van der Waals surface area contributed by atoms with Crippen molar-refractivity contribution in [2.24, 2.45) is 7.05 Å². The molecule has 0 N–H and O–H groups in total. The smallest absolute Gasteiger partial charge is 0.295 e. The van der Waals surface area contributed by atoms with E-state index in [-0.39, 0.29) is 16.5 Å². The molecule has 3 rings (SSSR count). The molecule has 0 bridgehead atoms. The van der Waals surface area contributed by atoms with Crippen LogP contribution in [0.3, 0.4) is 0 Å². The number of ether oxygens (including phenoxy) is 1. The number of halogens is 1. The summed E-state index contributed by atoms with van der Waals surface area (Å²) in [7, 11) is 3.24. The number of aromatic nitrogens is 4. The minimum absolute atomic E-state index is 0.166. The van der Waals surface area contributed by atoms with Gasteiger partial charge in [0, 0.05) is 18.8 Å². The standard InChI is InChI=1S/C16H15ClN4O2/c1-10-8-13(11-4-6-12(23-3)7-5-11)21(19-10)15-16(22)20(2)9-14(17)18-15/h4-9H,1-3H3. The molecule has 0 fully saturated rings. The van der Waals surface area contributed by atoms with Gasteiger partial charge in [-0.3, -0.25) is 4.79 Å². The van der Waals surface area contributed by atoms with Crippen molar-refractivity contribution in [3.8, 4) is 22.8 Å². The Hall–Kier alpha value is -2.60. The highest BCUT2D eigenvalue weighted by Crippen LogP contribution is 2.24. The summed E-state index contributed by atoms with van der Waals surface area (Å²) in [6, 6.07) is 9.41. The summed E-state index contributed by atoms with van der Waals surface area (Å²) in [5, 5.41) is 4.63. The SMILES string of the molecule is COc1ccc(-c2cc(C)nn2-c2nc(Cl)cn(C)c2=O)cc1. The van der Waals surface area contributed by atoms with E-state index in [9.17, 15) is 4.79 Å². The van der Waals surface area contributed by atoms with Gasteiger partial charge in [-0.1, -0.05) is 11.6 Å². The first-order valence-electron chi connectivity index (χ1n) is 6.94. The molecular weight excluding hydrogens is 316 g/mol. The van der Waals surface area contributed by atoms with Gasteiger partial charge in [-0.25, -0.2) is 9.67 Å². The Balaban J connectivity index is 2.20. The quantitative estimate of drug-likeness (QED) is 0.740. The van der Waals surface area contributed by atoms with Crippen LogP contribution in [0.15, 0.2) is 41.3 Å². The molecule has 23 heavy (non-hydrogen) atoms. The van der Waals surface area contributed by atoms with Crippen LogP contribution < -0.4 is 10.3 Å². The number of aryl methyl sites for hydroxylation is 2. The van der Waals surface area contributed by atoms with Crippen molar-refractivity contribution in [1.82, 2.24) is 19.3 Å². The normalized spacial score (nSPS) is 10.8. The van der Waals surface area contributed by atoms with Gasteiger partial charge in [0.2, 0.25) is 5.82 Å². The van der Waals surface area contributed by atoms with E-state index in [4.69, 9.17) is 16.3 Å². The molecule has 1 aromatic carbocycles. The number of methoxy groups -OCH3 is 1. The van der Waals surface area contributed by atoms with Crippen molar-refractivity contribution in [3.05, 3.63) is 57.7 Å². The first-order chi connectivity index (χ1) is 11.0. The molecule has 0 atom stereocenters. The van der Waals surface area contributed by atoms with Gasteiger partial charge in [-0.15, -0.1) is 0 Å². The van der Waals surface area contributed by atoms with Gasteiger partial charge in [-0.05, 0) is 37.3 Å². The van der Waals surface area contributed by atoms with E-state index < -0.39 is 0 Å². The molecule has 3 aromatic rings. The monoisotopic (exact) mass is 330 g/mol. The zero-order valence-corrected chi connectivity index (χ0v) is 13.7. The lowest BCUT2D eigenvalue weighted by atomic mass is 10.1. The predicted molar refractivity (Wildman–Crippen MR) is 88.3 cm³/mol. The van der Waals surface area contributed by atoms with E-state index in [1.165, 1.54) is 15.4 Å². The Bertz CT molecular complexity index is 913. The van der Waals surface area contributed by atoms with Crippen LogP contribution in [-0.2, 0) is 7.05 Å². The summed E-state index contributed by atoms with van der Waals surface area (Å²) in [5.41, 5.74) is 2.17. The Kier molecular flexibility index (Phi) is 3.92. The van der Waals surface area contributed by atoms with Crippen LogP contribution in [0.4, 0.5) is 0 Å². The molecule has 6 nitrogen and oxygen atoms in total. The molecule has 0 saturated heterocycles. The molecule has 0 saturated carbocycles. The summed E-state index contributed by atoms with van der Waals surface area (Å²) in [6.45, 7) is 1.86. The number of nitrogens with zero attached hydrogens (tertiary/aromatic N) is 4. The van der Waals surface area contributed by atoms with Crippen LogP contribution in [0.25, 0.3) is 17.1 Å². The van der Waals surface area contributed by atoms with Crippen molar-refractivity contribution in [1.29, 1.82) is 0 Å². The highest BCUT2D eigenvalue weighted by atomic mass is 35.5. The fraction of sp³-hybridized carbons (Fsp3) is 0.188. The highest BCUT2D eigenvalue weighted by molar-refractivity contribution is 6.29. The Morgan fingerprint density at radius 3 is 2.57 bits per heavy atom. The van der Waals surface area contributed by atoms with Crippen LogP contribution >= 0.6 is 11.6 Å². The first kappa shape index (κ1) is 15.3. The van der Waals surface area contributed by atoms with E-state index in [1.54, 1.807) is 14.2 Å². The molecule has 0 spiro atoms. The van der Waals surface area contributed by atoms with E-state index in [2.05, 4.69) is 10.1 Å². The fourth-order valence-corrected chi connectivity index (χ4v) is 2.55. The molecule has 118 valence electrons. The Morgan fingerprint density at radius 1 is 1.22 bits per heavy atom. The fourth-order valence-electron chi connectivity index (χ4n) is 2.32. The zero-order valence-electron chi connectivity index (χ0n) is 12.9. The highest BCUT2D eigenvalue weighted by Gasteiger charge is 2.15. The number of benzene rings is 1. The van der Waals surface area contributed by atoms with E-state index >= 15 is 0 Å². The van der Waals surface area contributed by atoms with Gasteiger partial charge in [-0.2, -0.15) is 5.10 Å². The Labute approximate surface area is 137 Å². The molecular formula is C16H15ClN4O2. The summed E-state index contributed by atoms with van der Waals surface area (Å²) in [6.07, 6.45) is 1.47. The van der Waals surface area contributed by atoms with Crippen LogP contribution in [0.5, 0.6) is 5.75 Å². The van der Waals surface area contributed by atoms with Crippen molar-refractivity contribution in [3.63, 3.8) is 0 Å². The van der Waals surface area contributed by atoms with Crippen LogP contribution in [0.1, 0.15) is 5.69 Å². The first-order valence-corrected chi connectivity index (χ1v) is 7.32. The average molecular weight is 331 g/mol. The molecule has 7 heteroatoms. The van der Waals surface area contributed by atoms with Crippen LogP contribution in [0.2, 0.25) is 5.15 Å². The third-order valence-corrected chi connectivity index (χ3v) is 3.62. The van der Waals surface area contributed by atoms with Crippen molar-refractivity contribution in [2.75, 3.05) is 7.11 Å². The maximum atomic E-state index is 12.4. The largest absolute Gasteiger partial charge is 0.497 e. The van der Waals surface area contributed by atoms with Gasteiger partial charge in [0.1, 0.15) is 10.9 Å². The zero-order chi connectivity index (χ0) is 16.6. The average Bonchev–Trinajstić information content (AvgIpc) is 2.92. The molecule has 0 unspecified atom stereocenters. The third kappa shape index (κ3) is 2.85.